The lowest BCUT2D eigenvalue weighted by Gasteiger charge is -2.10. The van der Waals surface area contributed by atoms with Crippen molar-refractivity contribution in [3.8, 4) is 0 Å². The fraction of sp³-hybridized carbons (Fsp3) is 0.667. The molecule has 0 bridgehead atoms. The van der Waals surface area contributed by atoms with Gasteiger partial charge in [0.15, 0.2) is 0 Å². The van der Waals surface area contributed by atoms with Gasteiger partial charge in [0.1, 0.15) is 12.2 Å². The second-order valence-electron chi connectivity index (χ2n) is 5.04. The van der Waals surface area contributed by atoms with Crippen LogP contribution in [0.25, 0.3) is 0 Å². The van der Waals surface area contributed by atoms with Crippen molar-refractivity contribution < 1.29 is 13.6 Å². The quantitative estimate of drug-likeness (QED) is 0.899. The number of carbonyl (C=O) groups is 1. The molecule has 1 heterocycles. The SMILES string of the molecule is CC(C)NC(=O)Cn1nc(C(F)F)c(Br)c1C1CC1. The Balaban J connectivity index is 2.23. The summed E-state index contributed by atoms with van der Waals surface area (Å²) >= 11 is 3.19. The molecule has 0 radical (unpaired) electrons. The zero-order valence-electron chi connectivity index (χ0n) is 10.8. The fourth-order valence-corrected chi connectivity index (χ4v) is 2.76. The van der Waals surface area contributed by atoms with Crippen LogP contribution in [0.4, 0.5) is 8.78 Å². The van der Waals surface area contributed by atoms with Gasteiger partial charge in [-0.2, -0.15) is 5.10 Å². The summed E-state index contributed by atoms with van der Waals surface area (Å²) in [4.78, 5) is 11.7. The minimum absolute atomic E-state index is 0.0185. The molecule has 0 spiro atoms. The summed E-state index contributed by atoms with van der Waals surface area (Å²) in [6, 6.07) is 0.0189. The first-order valence-electron chi connectivity index (χ1n) is 6.23. The molecule has 0 unspecified atom stereocenters. The number of hydrogen-bond acceptors (Lipinski definition) is 2. The molecule has 1 amide bonds. The van der Waals surface area contributed by atoms with E-state index in [1.807, 2.05) is 13.8 Å². The van der Waals surface area contributed by atoms with Crippen LogP contribution in [0, 0.1) is 0 Å². The van der Waals surface area contributed by atoms with Gasteiger partial charge in [-0.1, -0.05) is 0 Å². The van der Waals surface area contributed by atoms with Gasteiger partial charge in [0.05, 0.1) is 10.2 Å². The molecule has 0 saturated heterocycles. The monoisotopic (exact) mass is 335 g/mol. The van der Waals surface area contributed by atoms with Crippen molar-refractivity contribution in [2.45, 2.75) is 51.6 Å². The van der Waals surface area contributed by atoms with E-state index in [1.54, 1.807) is 0 Å². The van der Waals surface area contributed by atoms with Crippen molar-refractivity contribution in [2.75, 3.05) is 0 Å². The Labute approximate surface area is 118 Å². The highest BCUT2D eigenvalue weighted by molar-refractivity contribution is 9.10. The summed E-state index contributed by atoms with van der Waals surface area (Å²) in [7, 11) is 0. The number of aromatic nitrogens is 2. The number of nitrogens with one attached hydrogen (secondary N) is 1. The maximum absolute atomic E-state index is 12.8. The smallest absolute Gasteiger partial charge is 0.283 e. The molecule has 0 aliphatic heterocycles. The van der Waals surface area contributed by atoms with Crippen LogP contribution >= 0.6 is 15.9 Å². The zero-order chi connectivity index (χ0) is 14.2. The minimum atomic E-state index is -2.64. The highest BCUT2D eigenvalue weighted by atomic mass is 79.9. The normalized spacial score (nSPS) is 15.3. The van der Waals surface area contributed by atoms with Gasteiger partial charge in [0.2, 0.25) is 5.91 Å². The average molecular weight is 336 g/mol. The summed E-state index contributed by atoms with van der Waals surface area (Å²) in [5, 5.41) is 6.61. The second kappa shape index (κ2) is 5.56. The third-order valence-corrected chi connectivity index (χ3v) is 3.68. The van der Waals surface area contributed by atoms with E-state index in [9.17, 15) is 13.6 Å². The van der Waals surface area contributed by atoms with Gasteiger partial charge in [0, 0.05) is 12.0 Å². The van der Waals surface area contributed by atoms with E-state index in [2.05, 4.69) is 26.3 Å². The number of nitrogens with zero attached hydrogens (tertiary/aromatic N) is 2. The molecule has 2 rings (SSSR count). The Bertz CT molecular complexity index is 484. The van der Waals surface area contributed by atoms with Crippen LogP contribution in [0.1, 0.15) is 50.4 Å². The predicted octanol–water partition coefficient (Wildman–Crippen LogP) is 2.99. The van der Waals surface area contributed by atoms with Crippen molar-refractivity contribution in [1.29, 1.82) is 0 Å². The van der Waals surface area contributed by atoms with E-state index in [0.717, 1.165) is 12.8 Å². The molecule has 1 saturated carbocycles. The number of hydrogen-bond donors (Lipinski definition) is 1. The summed E-state index contributed by atoms with van der Waals surface area (Å²) in [6.45, 7) is 3.68. The molecule has 1 aliphatic carbocycles. The molecule has 19 heavy (non-hydrogen) atoms. The Morgan fingerprint density at radius 2 is 2.16 bits per heavy atom. The maximum Gasteiger partial charge on any atom is 0.283 e. The Hall–Kier alpha value is -0.980. The van der Waals surface area contributed by atoms with Gasteiger partial charge in [0.25, 0.3) is 6.43 Å². The average Bonchev–Trinajstić information content (AvgIpc) is 3.03. The van der Waals surface area contributed by atoms with E-state index in [-0.39, 0.29) is 30.1 Å². The number of carbonyl (C=O) groups excluding carboxylic acids is 1. The molecule has 1 aromatic heterocycles. The second-order valence-corrected chi connectivity index (χ2v) is 5.83. The molecular formula is C12H16BrF2N3O. The van der Waals surface area contributed by atoms with Crippen molar-refractivity contribution in [1.82, 2.24) is 15.1 Å². The van der Waals surface area contributed by atoms with Crippen LogP contribution in [0.15, 0.2) is 4.47 Å². The standard InChI is InChI=1S/C12H16BrF2N3O/c1-6(2)16-8(19)5-18-11(7-3-4-7)9(13)10(17-18)12(14)15/h6-7,12H,3-5H2,1-2H3,(H,16,19). The summed E-state index contributed by atoms with van der Waals surface area (Å²) in [5.41, 5.74) is 0.438. The molecule has 0 aromatic carbocycles. The lowest BCUT2D eigenvalue weighted by atomic mass is 10.2. The summed E-state index contributed by atoms with van der Waals surface area (Å²) < 4.78 is 27.4. The van der Waals surface area contributed by atoms with E-state index in [4.69, 9.17) is 0 Å². The Morgan fingerprint density at radius 3 is 2.63 bits per heavy atom. The predicted molar refractivity (Wildman–Crippen MR) is 70.1 cm³/mol. The molecule has 1 aliphatic rings. The third kappa shape index (κ3) is 3.32. The lowest BCUT2D eigenvalue weighted by Crippen LogP contribution is -2.33. The molecule has 4 nitrogen and oxygen atoms in total. The zero-order valence-corrected chi connectivity index (χ0v) is 12.4. The van der Waals surface area contributed by atoms with Crippen molar-refractivity contribution in [3.05, 3.63) is 15.9 Å². The van der Waals surface area contributed by atoms with Gasteiger partial charge in [-0.05, 0) is 42.6 Å². The van der Waals surface area contributed by atoms with Crippen molar-refractivity contribution in [3.63, 3.8) is 0 Å². The van der Waals surface area contributed by atoms with Crippen LogP contribution in [-0.2, 0) is 11.3 Å². The molecule has 1 aromatic rings. The Morgan fingerprint density at radius 1 is 1.53 bits per heavy atom. The first-order valence-corrected chi connectivity index (χ1v) is 7.03. The number of rotatable bonds is 5. The number of halogens is 3. The van der Waals surface area contributed by atoms with Crippen LogP contribution < -0.4 is 5.32 Å². The third-order valence-electron chi connectivity index (χ3n) is 2.87. The number of alkyl halides is 2. The molecule has 106 valence electrons. The lowest BCUT2D eigenvalue weighted by molar-refractivity contribution is -0.122. The van der Waals surface area contributed by atoms with E-state index < -0.39 is 6.43 Å². The van der Waals surface area contributed by atoms with Crippen LogP contribution in [0.3, 0.4) is 0 Å². The van der Waals surface area contributed by atoms with Gasteiger partial charge in [-0.15, -0.1) is 0 Å². The van der Waals surface area contributed by atoms with Gasteiger partial charge < -0.3 is 5.32 Å². The van der Waals surface area contributed by atoms with Gasteiger partial charge in [-0.3, -0.25) is 9.48 Å². The van der Waals surface area contributed by atoms with Crippen LogP contribution in [0.2, 0.25) is 0 Å². The Kier molecular flexibility index (Phi) is 4.23. The largest absolute Gasteiger partial charge is 0.352 e. The van der Waals surface area contributed by atoms with E-state index in [1.165, 1.54) is 4.68 Å². The van der Waals surface area contributed by atoms with Crippen molar-refractivity contribution in [2.24, 2.45) is 0 Å². The molecule has 7 heteroatoms. The topological polar surface area (TPSA) is 46.9 Å². The molecule has 1 fully saturated rings. The number of amides is 1. The minimum Gasteiger partial charge on any atom is -0.352 e. The van der Waals surface area contributed by atoms with Crippen molar-refractivity contribution >= 4 is 21.8 Å². The van der Waals surface area contributed by atoms with E-state index >= 15 is 0 Å². The van der Waals surface area contributed by atoms with E-state index in [0.29, 0.717) is 10.2 Å². The van der Waals surface area contributed by atoms with Crippen LogP contribution in [0.5, 0.6) is 0 Å². The first-order chi connectivity index (χ1) is 8.90. The van der Waals surface area contributed by atoms with Gasteiger partial charge >= 0.3 is 0 Å². The van der Waals surface area contributed by atoms with Gasteiger partial charge in [-0.25, -0.2) is 8.78 Å². The summed E-state index contributed by atoms with van der Waals surface area (Å²) in [5.74, 6) is 0.0222. The first kappa shape index (κ1) is 14.4. The molecule has 0 atom stereocenters. The fourth-order valence-electron chi connectivity index (χ4n) is 1.98. The summed E-state index contributed by atoms with van der Waals surface area (Å²) in [6.07, 6.45) is -0.723. The molecular weight excluding hydrogens is 320 g/mol. The molecule has 1 N–H and O–H groups in total. The van der Waals surface area contributed by atoms with Crippen LogP contribution in [-0.4, -0.2) is 21.7 Å². The highest BCUT2D eigenvalue weighted by Crippen LogP contribution is 2.45. The highest BCUT2D eigenvalue weighted by Gasteiger charge is 2.34. The maximum atomic E-state index is 12.8.